The molecule has 7 heteroatoms. The number of Topliss-reactive ketones (excluding diaryl/α,β-unsaturated/α-hetero) is 1. The van der Waals surface area contributed by atoms with Crippen LogP contribution < -0.4 is 4.74 Å². The van der Waals surface area contributed by atoms with Crippen molar-refractivity contribution in [3.05, 3.63) is 65.5 Å². The van der Waals surface area contributed by atoms with Crippen molar-refractivity contribution in [3.8, 4) is 5.75 Å². The number of ketones is 1. The van der Waals surface area contributed by atoms with Gasteiger partial charge in [0.2, 0.25) is 0 Å². The number of benzene rings is 2. The molecule has 0 amide bonds. The van der Waals surface area contributed by atoms with Gasteiger partial charge in [-0.1, -0.05) is 6.07 Å². The summed E-state index contributed by atoms with van der Waals surface area (Å²) in [7, 11) is 0. The van der Waals surface area contributed by atoms with E-state index in [0.29, 0.717) is 5.56 Å². The van der Waals surface area contributed by atoms with E-state index in [4.69, 9.17) is 4.74 Å². The third-order valence-electron chi connectivity index (χ3n) is 3.24. The molecule has 0 spiro atoms. The summed E-state index contributed by atoms with van der Waals surface area (Å²) in [4.78, 5) is 23.7. The van der Waals surface area contributed by atoms with Crippen molar-refractivity contribution < 1.29 is 32.2 Å². The van der Waals surface area contributed by atoms with Crippen molar-refractivity contribution in [1.82, 2.24) is 0 Å². The molecule has 0 fully saturated rings. The van der Waals surface area contributed by atoms with E-state index in [1.807, 2.05) is 0 Å². The highest BCUT2D eigenvalue weighted by molar-refractivity contribution is 5.96. The van der Waals surface area contributed by atoms with Crippen LogP contribution in [-0.4, -0.2) is 25.0 Å². The second-order valence-electron chi connectivity index (χ2n) is 5.08. The maximum Gasteiger partial charge on any atom is 0.387 e. The van der Waals surface area contributed by atoms with Gasteiger partial charge in [0.1, 0.15) is 11.6 Å². The van der Waals surface area contributed by atoms with E-state index in [0.717, 1.165) is 6.07 Å². The lowest BCUT2D eigenvalue weighted by Gasteiger charge is -2.07. The van der Waals surface area contributed by atoms with Crippen LogP contribution in [0.4, 0.5) is 13.2 Å². The van der Waals surface area contributed by atoms with Crippen LogP contribution in [0.25, 0.3) is 0 Å². The minimum Gasteiger partial charge on any atom is -0.462 e. The monoisotopic (exact) mass is 352 g/mol. The topological polar surface area (TPSA) is 52.6 Å². The largest absolute Gasteiger partial charge is 0.462 e. The molecule has 0 saturated heterocycles. The molecule has 0 unspecified atom stereocenters. The lowest BCUT2D eigenvalue weighted by Crippen LogP contribution is -2.09. The number of halogens is 3. The number of ether oxygens (including phenoxy) is 2. The molecule has 2 rings (SSSR count). The minimum absolute atomic E-state index is 0.00823. The Morgan fingerprint density at radius 2 is 1.72 bits per heavy atom. The zero-order chi connectivity index (χ0) is 18.2. The lowest BCUT2D eigenvalue weighted by molar-refractivity contribution is -0.0499. The van der Waals surface area contributed by atoms with E-state index in [2.05, 4.69) is 4.74 Å². The van der Waals surface area contributed by atoms with Gasteiger partial charge in [-0.05, 0) is 48.9 Å². The third kappa shape index (κ3) is 5.95. The maximum absolute atomic E-state index is 12.8. The minimum atomic E-state index is -2.98. The molecule has 0 aliphatic carbocycles. The van der Waals surface area contributed by atoms with Crippen molar-refractivity contribution >= 4 is 11.8 Å². The fourth-order valence-electron chi connectivity index (χ4n) is 2.06. The first-order chi connectivity index (χ1) is 12.0. The first kappa shape index (κ1) is 18.5. The highest BCUT2D eigenvalue weighted by Gasteiger charge is 2.11. The summed E-state index contributed by atoms with van der Waals surface area (Å²) in [6.07, 6.45) is 0.419. The van der Waals surface area contributed by atoms with Crippen LogP contribution >= 0.6 is 0 Å². The van der Waals surface area contributed by atoms with Gasteiger partial charge in [0.25, 0.3) is 0 Å². The Morgan fingerprint density at radius 1 is 1.00 bits per heavy atom. The number of alkyl halides is 2. The molecule has 0 aliphatic heterocycles. The molecular formula is C18H15F3O4. The fraction of sp³-hybridized carbons (Fsp3) is 0.222. The maximum atomic E-state index is 12.8. The molecule has 0 heterocycles. The summed E-state index contributed by atoms with van der Waals surface area (Å²) >= 11 is 0. The second-order valence-corrected chi connectivity index (χ2v) is 5.08. The van der Waals surface area contributed by atoms with E-state index in [9.17, 15) is 22.8 Å². The van der Waals surface area contributed by atoms with Crippen LogP contribution in [0.1, 0.15) is 33.6 Å². The van der Waals surface area contributed by atoms with Crippen molar-refractivity contribution in [1.29, 1.82) is 0 Å². The quantitative estimate of drug-likeness (QED) is 0.405. The molecule has 132 valence electrons. The average Bonchev–Trinajstić information content (AvgIpc) is 2.58. The normalized spacial score (nSPS) is 10.6. The Kier molecular flexibility index (Phi) is 6.56. The standard InChI is InChI=1S/C18H15F3O4/c19-14-8-6-12(7-9-14)16(22)5-2-10-24-17(23)13-3-1-4-15(11-13)25-18(20)21/h1,3-4,6-9,11,18H,2,5,10H2. The van der Waals surface area contributed by atoms with Crippen molar-refractivity contribution in [3.63, 3.8) is 0 Å². The summed E-state index contributed by atoms with van der Waals surface area (Å²) in [6, 6.07) is 10.4. The predicted molar refractivity (Wildman–Crippen MR) is 83.3 cm³/mol. The number of rotatable bonds is 8. The Bertz CT molecular complexity index is 729. The molecule has 0 radical (unpaired) electrons. The van der Waals surface area contributed by atoms with E-state index < -0.39 is 18.4 Å². The van der Waals surface area contributed by atoms with Crippen molar-refractivity contribution in [2.75, 3.05) is 6.61 Å². The molecule has 4 nitrogen and oxygen atoms in total. The molecule has 2 aromatic carbocycles. The van der Waals surface area contributed by atoms with Crippen molar-refractivity contribution in [2.45, 2.75) is 19.5 Å². The van der Waals surface area contributed by atoms with Crippen LogP contribution in [0.15, 0.2) is 48.5 Å². The Hall–Kier alpha value is -2.83. The molecule has 0 saturated carbocycles. The molecule has 0 N–H and O–H groups in total. The van der Waals surface area contributed by atoms with Gasteiger partial charge >= 0.3 is 12.6 Å². The number of esters is 1. The van der Waals surface area contributed by atoms with Gasteiger partial charge in [0.15, 0.2) is 5.78 Å². The Morgan fingerprint density at radius 3 is 2.40 bits per heavy atom. The summed E-state index contributed by atoms with van der Waals surface area (Å²) in [6.45, 7) is -2.99. The van der Waals surface area contributed by atoms with Crippen LogP contribution in [0.2, 0.25) is 0 Å². The zero-order valence-corrected chi connectivity index (χ0v) is 13.1. The highest BCUT2D eigenvalue weighted by Crippen LogP contribution is 2.17. The number of hydrogen-bond donors (Lipinski definition) is 0. The summed E-state index contributed by atoms with van der Waals surface area (Å²) in [5.41, 5.74) is 0.451. The Balaban J connectivity index is 1.78. The van der Waals surface area contributed by atoms with Gasteiger partial charge in [-0.2, -0.15) is 8.78 Å². The van der Waals surface area contributed by atoms with Crippen LogP contribution in [0.3, 0.4) is 0 Å². The van der Waals surface area contributed by atoms with Gasteiger partial charge in [-0.25, -0.2) is 9.18 Å². The molecule has 0 aromatic heterocycles. The number of hydrogen-bond acceptors (Lipinski definition) is 4. The first-order valence-corrected chi connectivity index (χ1v) is 7.46. The number of carbonyl (C=O) groups is 2. The fourth-order valence-corrected chi connectivity index (χ4v) is 2.06. The molecule has 25 heavy (non-hydrogen) atoms. The second kappa shape index (κ2) is 8.86. The number of carbonyl (C=O) groups excluding carboxylic acids is 2. The van der Waals surface area contributed by atoms with E-state index >= 15 is 0 Å². The van der Waals surface area contributed by atoms with E-state index in [1.165, 1.54) is 42.5 Å². The molecule has 0 aliphatic rings. The molecule has 2 aromatic rings. The summed E-state index contributed by atoms with van der Waals surface area (Å²) in [5, 5.41) is 0. The lowest BCUT2D eigenvalue weighted by atomic mass is 10.1. The van der Waals surface area contributed by atoms with Gasteiger partial charge in [-0.15, -0.1) is 0 Å². The van der Waals surface area contributed by atoms with Crippen molar-refractivity contribution in [2.24, 2.45) is 0 Å². The molecule has 0 bridgehead atoms. The predicted octanol–water partition coefficient (Wildman–Crippen LogP) is 4.25. The Labute approximate surface area is 142 Å². The van der Waals surface area contributed by atoms with Gasteiger partial charge < -0.3 is 9.47 Å². The van der Waals surface area contributed by atoms with E-state index in [1.54, 1.807) is 0 Å². The van der Waals surface area contributed by atoms with Crippen LogP contribution in [-0.2, 0) is 4.74 Å². The summed E-state index contributed by atoms with van der Waals surface area (Å²) in [5.74, 6) is -1.46. The molecule has 0 atom stereocenters. The third-order valence-corrected chi connectivity index (χ3v) is 3.24. The molecular weight excluding hydrogens is 337 g/mol. The summed E-state index contributed by atoms with van der Waals surface area (Å²) < 4.78 is 46.3. The highest BCUT2D eigenvalue weighted by atomic mass is 19.3. The van der Waals surface area contributed by atoms with Gasteiger partial charge in [0, 0.05) is 12.0 Å². The van der Waals surface area contributed by atoms with Gasteiger partial charge in [0.05, 0.1) is 12.2 Å². The SMILES string of the molecule is O=C(CCCOC(=O)c1cccc(OC(F)F)c1)c1ccc(F)cc1. The average molecular weight is 352 g/mol. The smallest absolute Gasteiger partial charge is 0.387 e. The van der Waals surface area contributed by atoms with Crippen LogP contribution in [0.5, 0.6) is 5.75 Å². The van der Waals surface area contributed by atoms with Crippen LogP contribution in [0, 0.1) is 5.82 Å². The van der Waals surface area contributed by atoms with Gasteiger partial charge in [-0.3, -0.25) is 4.79 Å². The van der Waals surface area contributed by atoms with E-state index in [-0.39, 0.29) is 36.5 Å². The zero-order valence-electron chi connectivity index (χ0n) is 13.1. The first-order valence-electron chi connectivity index (χ1n) is 7.46.